The minimum atomic E-state index is -4.58. The third-order valence-electron chi connectivity index (χ3n) is 4.00. The summed E-state index contributed by atoms with van der Waals surface area (Å²) in [7, 11) is -1.42. The summed E-state index contributed by atoms with van der Waals surface area (Å²) in [6.07, 6.45) is -3.42. The van der Waals surface area contributed by atoms with Crippen LogP contribution in [0.25, 0.3) is 10.9 Å². The molecule has 0 fully saturated rings. The van der Waals surface area contributed by atoms with Crippen LogP contribution < -0.4 is 11.0 Å². The van der Waals surface area contributed by atoms with Crippen molar-refractivity contribution in [2.45, 2.75) is 24.9 Å². The third-order valence-corrected chi connectivity index (χ3v) is 5.83. The summed E-state index contributed by atoms with van der Waals surface area (Å²) in [4.78, 5) is 17.1. The average Bonchev–Trinajstić information content (AvgIpc) is 2.62. The van der Waals surface area contributed by atoms with Gasteiger partial charge < -0.3 is 0 Å². The molecule has 1 aromatic heterocycles. The fraction of sp³-hybridized carbons (Fsp3) is 0.222. The van der Waals surface area contributed by atoms with Gasteiger partial charge in [0.2, 0.25) is 0 Å². The lowest BCUT2D eigenvalue weighted by Gasteiger charge is -2.16. The molecule has 0 radical (unpaired) electrons. The largest absolute Gasteiger partial charge is 0.416 e. The molecule has 0 aliphatic heterocycles. The normalized spacial score (nSPS) is 12.9. The van der Waals surface area contributed by atoms with Crippen LogP contribution in [0.4, 0.5) is 18.9 Å². The first-order valence-electron chi connectivity index (χ1n) is 8.16. The van der Waals surface area contributed by atoms with Gasteiger partial charge in [-0.05, 0) is 42.8 Å². The average molecular weight is 430 g/mol. The molecule has 1 atom stereocenters. The van der Waals surface area contributed by atoms with Gasteiger partial charge in [0.15, 0.2) is 0 Å². The van der Waals surface area contributed by atoms with Crippen LogP contribution in [-0.4, -0.2) is 19.6 Å². The molecule has 0 aliphatic carbocycles. The number of benzene rings is 2. The third kappa shape index (κ3) is 3.90. The SMILES string of the molecule is CCS(=O)c1c(Cl)cc(C)cc1Nn1cnc2ccc(C(F)(F)F)cc2c1=O. The fourth-order valence-corrected chi connectivity index (χ4v) is 4.14. The fourth-order valence-electron chi connectivity index (χ4n) is 2.70. The summed E-state index contributed by atoms with van der Waals surface area (Å²) in [5.41, 5.74) is 2.32. The lowest BCUT2D eigenvalue weighted by atomic mass is 10.1. The number of hydrogen-bond donors (Lipinski definition) is 1. The number of aryl methyl sites for hydroxylation is 1. The van der Waals surface area contributed by atoms with Crippen molar-refractivity contribution in [2.75, 3.05) is 11.2 Å². The van der Waals surface area contributed by atoms with Gasteiger partial charge in [-0.25, -0.2) is 9.66 Å². The lowest BCUT2D eigenvalue weighted by Crippen LogP contribution is -2.27. The Balaban J connectivity index is 2.15. The van der Waals surface area contributed by atoms with E-state index in [1.54, 1.807) is 26.0 Å². The number of fused-ring (bicyclic) bond motifs is 1. The van der Waals surface area contributed by atoms with Crippen LogP contribution in [0.3, 0.4) is 0 Å². The molecule has 0 saturated carbocycles. The molecule has 0 bridgehead atoms. The van der Waals surface area contributed by atoms with Crippen molar-refractivity contribution in [1.82, 2.24) is 9.66 Å². The van der Waals surface area contributed by atoms with E-state index in [0.29, 0.717) is 16.3 Å². The summed E-state index contributed by atoms with van der Waals surface area (Å²) in [6, 6.07) is 6.07. The molecule has 2 aromatic carbocycles. The Morgan fingerprint density at radius 1 is 1.25 bits per heavy atom. The number of alkyl halides is 3. The van der Waals surface area contributed by atoms with Crippen LogP contribution in [0.1, 0.15) is 18.1 Å². The summed E-state index contributed by atoms with van der Waals surface area (Å²) in [5, 5.41) is 0.0746. The van der Waals surface area contributed by atoms with Crippen molar-refractivity contribution in [2.24, 2.45) is 0 Å². The highest BCUT2D eigenvalue weighted by molar-refractivity contribution is 7.85. The van der Waals surface area contributed by atoms with E-state index < -0.39 is 28.1 Å². The van der Waals surface area contributed by atoms with Crippen LogP contribution in [-0.2, 0) is 17.0 Å². The van der Waals surface area contributed by atoms with Gasteiger partial charge >= 0.3 is 6.18 Å². The Kier molecular flexibility index (Phi) is 5.49. The zero-order chi connectivity index (χ0) is 20.6. The maximum atomic E-state index is 13.0. The second-order valence-electron chi connectivity index (χ2n) is 6.02. The highest BCUT2D eigenvalue weighted by Crippen LogP contribution is 2.31. The van der Waals surface area contributed by atoms with Crippen molar-refractivity contribution < 1.29 is 17.4 Å². The Morgan fingerprint density at radius 2 is 1.96 bits per heavy atom. The predicted octanol–water partition coefficient (Wildman–Crippen LogP) is 4.38. The molecule has 148 valence electrons. The molecule has 28 heavy (non-hydrogen) atoms. The van der Waals surface area contributed by atoms with Crippen molar-refractivity contribution >= 4 is 39.0 Å². The van der Waals surface area contributed by atoms with Crippen LogP contribution in [0.5, 0.6) is 0 Å². The van der Waals surface area contributed by atoms with Gasteiger partial charge in [0.05, 0.1) is 42.9 Å². The molecule has 3 rings (SSSR count). The van der Waals surface area contributed by atoms with E-state index in [0.717, 1.165) is 34.8 Å². The summed E-state index contributed by atoms with van der Waals surface area (Å²) in [6.45, 7) is 3.49. The number of nitrogens with one attached hydrogen (secondary N) is 1. The number of nitrogens with zero attached hydrogens (tertiary/aromatic N) is 2. The Bertz CT molecular complexity index is 1150. The first-order chi connectivity index (χ1) is 13.1. The Labute approximate surface area is 165 Å². The molecule has 0 spiro atoms. The van der Waals surface area contributed by atoms with Crippen LogP contribution in [0, 0.1) is 6.92 Å². The minimum absolute atomic E-state index is 0.135. The number of rotatable bonds is 4. The highest BCUT2D eigenvalue weighted by atomic mass is 35.5. The van der Waals surface area contributed by atoms with Gasteiger partial charge in [-0.2, -0.15) is 13.2 Å². The van der Waals surface area contributed by atoms with Gasteiger partial charge in [0, 0.05) is 5.75 Å². The van der Waals surface area contributed by atoms with Gasteiger partial charge in [0.25, 0.3) is 5.56 Å². The first-order valence-corrected chi connectivity index (χ1v) is 9.85. The van der Waals surface area contributed by atoms with Crippen LogP contribution in [0.15, 0.2) is 46.3 Å². The monoisotopic (exact) mass is 429 g/mol. The molecular weight excluding hydrogens is 415 g/mol. The van der Waals surface area contributed by atoms with E-state index in [2.05, 4.69) is 10.4 Å². The zero-order valence-electron chi connectivity index (χ0n) is 14.8. The summed E-state index contributed by atoms with van der Waals surface area (Å²) < 4.78 is 52.2. The smallest absolute Gasteiger partial charge is 0.289 e. The quantitative estimate of drug-likeness (QED) is 0.668. The first kappa shape index (κ1) is 20.3. The molecule has 1 heterocycles. The Hall–Kier alpha value is -2.39. The van der Waals surface area contributed by atoms with Gasteiger partial charge in [0.1, 0.15) is 6.33 Å². The number of aromatic nitrogens is 2. The van der Waals surface area contributed by atoms with Gasteiger partial charge in [-0.15, -0.1) is 0 Å². The van der Waals surface area contributed by atoms with E-state index in [9.17, 15) is 22.2 Å². The lowest BCUT2D eigenvalue weighted by molar-refractivity contribution is -0.137. The van der Waals surface area contributed by atoms with Crippen molar-refractivity contribution in [3.05, 3.63) is 63.2 Å². The van der Waals surface area contributed by atoms with Crippen LogP contribution in [0.2, 0.25) is 5.02 Å². The van der Waals surface area contributed by atoms with Crippen molar-refractivity contribution in [3.63, 3.8) is 0 Å². The molecule has 0 saturated heterocycles. The summed E-state index contributed by atoms with van der Waals surface area (Å²) in [5.74, 6) is 0.303. The highest BCUT2D eigenvalue weighted by Gasteiger charge is 2.30. The standard InChI is InChI=1S/C18H15ClF3N3O2S/c1-3-28(27)16-13(19)6-10(2)7-15(16)24-25-9-23-14-5-4-11(18(20,21)22)8-12(14)17(25)26/h4-9,24H,3H2,1-2H3. The van der Waals surface area contributed by atoms with Crippen molar-refractivity contribution in [3.8, 4) is 0 Å². The number of halogens is 4. The molecule has 3 aromatic rings. The minimum Gasteiger partial charge on any atom is -0.289 e. The Morgan fingerprint density at radius 3 is 2.61 bits per heavy atom. The predicted molar refractivity (Wildman–Crippen MR) is 103 cm³/mol. The molecule has 0 amide bonds. The van der Waals surface area contributed by atoms with E-state index >= 15 is 0 Å². The van der Waals surface area contributed by atoms with Crippen LogP contribution >= 0.6 is 11.6 Å². The second kappa shape index (κ2) is 7.56. The maximum absolute atomic E-state index is 13.0. The molecular formula is C18H15ClF3N3O2S. The van der Waals surface area contributed by atoms with E-state index in [1.807, 2.05) is 0 Å². The topological polar surface area (TPSA) is 64.0 Å². The molecule has 0 aliphatic rings. The number of hydrogen-bond acceptors (Lipinski definition) is 4. The molecule has 10 heteroatoms. The number of anilines is 1. The van der Waals surface area contributed by atoms with Gasteiger partial charge in [-0.1, -0.05) is 18.5 Å². The molecule has 1 N–H and O–H groups in total. The molecule has 1 unspecified atom stereocenters. The molecule has 5 nitrogen and oxygen atoms in total. The van der Waals surface area contributed by atoms with Gasteiger partial charge in [-0.3, -0.25) is 14.4 Å². The van der Waals surface area contributed by atoms with E-state index in [4.69, 9.17) is 11.6 Å². The second-order valence-corrected chi connectivity index (χ2v) is 8.10. The van der Waals surface area contributed by atoms with Crippen molar-refractivity contribution in [1.29, 1.82) is 0 Å². The van der Waals surface area contributed by atoms with E-state index in [-0.39, 0.29) is 15.9 Å². The zero-order valence-corrected chi connectivity index (χ0v) is 16.4. The maximum Gasteiger partial charge on any atom is 0.416 e. The van der Waals surface area contributed by atoms with E-state index in [1.165, 1.54) is 0 Å². The summed E-state index contributed by atoms with van der Waals surface area (Å²) >= 11 is 6.22.